The second-order valence-corrected chi connectivity index (χ2v) is 5.33. The normalized spacial score (nSPS) is 19.6. The van der Waals surface area contributed by atoms with Gasteiger partial charge in [0.2, 0.25) is 5.91 Å². The molecule has 1 fully saturated rings. The minimum Gasteiger partial charge on any atom is -0.481 e. The molecule has 0 aromatic heterocycles. The van der Waals surface area contributed by atoms with Gasteiger partial charge in [-0.05, 0) is 12.5 Å². The van der Waals surface area contributed by atoms with E-state index in [4.69, 9.17) is 5.11 Å². The van der Waals surface area contributed by atoms with Gasteiger partial charge in [0.25, 0.3) is 0 Å². The van der Waals surface area contributed by atoms with Crippen LogP contribution in [-0.2, 0) is 20.8 Å². The third-order valence-corrected chi connectivity index (χ3v) is 3.68. The summed E-state index contributed by atoms with van der Waals surface area (Å²) in [6, 6.07) is 6.38. The number of carbonyl (C=O) groups excluding carboxylic acids is 1. The fourth-order valence-corrected chi connectivity index (χ4v) is 2.59. The molecule has 0 bridgehead atoms. The van der Waals surface area contributed by atoms with Crippen molar-refractivity contribution in [1.29, 1.82) is 0 Å². The molecule has 1 unspecified atom stereocenters. The summed E-state index contributed by atoms with van der Waals surface area (Å²) in [5.74, 6) is -3.42. The van der Waals surface area contributed by atoms with Crippen molar-refractivity contribution in [3.63, 3.8) is 0 Å². The molecule has 1 heterocycles. The Morgan fingerprint density at radius 3 is 2.62 bits per heavy atom. The molecule has 1 amide bonds. The lowest BCUT2D eigenvalue weighted by Crippen LogP contribution is -2.44. The predicted octanol–water partition coefficient (Wildman–Crippen LogP) is 0.924. The van der Waals surface area contributed by atoms with Gasteiger partial charge in [0, 0.05) is 19.4 Å². The highest BCUT2D eigenvalue weighted by molar-refractivity contribution is 5.89. The van der Waals surface area contributed by atoms with Gasteiger partial charge in [-0.25, -0.2) is 4.79 Å². The monoisotopic (exact) mass is 291 g/mol. The maximum Gasteiger partial charge on any atom is 0.326 e. The second-order valence-electron chi connectivity index (χ2n) is 5.33. The Morgan fingerprint density at radius 1 is 1.38 bits per heavy atom. The minimum atomic E-state index is -1.11. The molecule has 112 valence electrons. The third kappa shape index (κ3) is 3.39. The average molecular weight is 291 g/mol. The number of benzene rings is 1. The SMILES string of the molecule is Cc1cccc(C[C@@H](C(=O)O)N2CC(C(=O)O)CC2=O)c1. The number of likely N-dealkylation sites (tertiary alicyclic amines) is 1. The summed E-state index contributed by atoms with van der Waals surface area (Å²) in [5.41, 5.74) is 1.82. The molecule has 0 aliphatic carbocycles. The molecule has 21 heavy (non-hydrogen) atoms. The van der Waals surface area contributed by atoms with E-state index in [0.717, 1.165) is 11.1 Å². The molecule has 6 nitrogen and oxygen atoms in total. The van der Waals surface area contributed by atoms with Crippen molar-refractivity contribution in [3.05, 3.63) is 35.4 Å². The van der Waals surface area contributed by atoms with Crippen LogP contribution in [-0.4, -0.2) is 45.5 Å². The van der Waals surface area contributed by atoms with Gasteiger partial charge < -0.3 is 15.1 Å². The van der Waals surface area contributed by atoms with Crippen LogP contribution in [0.4, 0.5) is 0 Å². The Bertz CT molecular complexity index is 583. The summed E-state index contributed by atoms with van der Waals surface area (Å²) in [4.78, 5) is 35.5. The third-order valence-electron chi connectivity index (χ3n) is 3.68. The van der Waals surface area contributed by atoms with Gasteiger partial charge in [0.1, 0.15) is 6.04 Å². The Balaban J connectivity index is 2.18. The first-order chi connectivity index (χ1) is 9.88. The molecule has 2 rings (SSSR count). The number of hydrogen-bond donors (Lipinski definition) is 2. The van der Waals surface area contributed by atoms with Crippen molar-refractivity contribution < 1.29 is 24.6 Å². The highest BCUT2D eigenvalue weighted by atomic mass is 16.4. The van der Waals surface area contributed by atoms with Crippen molar-refractivity contribution in [2.75, 3.05) is 6.54 Å². The molecular formula is C15H17NO5. The molecule has 2 N–H and O–H groups in total. The van der Waals surface area contributed by atoms with Crippen LogP contribution in [0, 0.1) is 12.8 Å². The predicted molar refractivity (Wildman–Crippen MR) is 73.8 cm³/mol. The molecular weight excluding hydrogens is 274 g/mol. The number of carboxylic acid groups (broad SMARTS) is 2. The van der Waals surface area contributed by atoms with E-state index in [0.29, 0.717) is 0 Å². The summed E-state index contributed by atoms with van der Waals surface area (Å²) < 4.78 is 0. The largest absolute Gasteiger partial charge is 0.481 e. The molecule has 1 aliphatic heterocycles. The molecule has 0 radical (unpaired) electrons. The number of rotatable bonds is 5. The topological polar surface area (TPSA) is 94.9 Å². The van der Waals surface area contributed by atoms with Crippen LogP contribution in [0.15, 0.2) is 24.3 Å². The maximum atomic E-state index is 11.9. The van der Waals surface area contributed by atoms with E-state index in [2.05, 4.69) is 0 Å². The zero-order chi connectivity index (χ0) is 15.6. The first kappa shape index (κ1) is 15.0. The fraction of sp³-hybridized carbons (Fsp3) is 0.400. The highest BCUT2D eigenvalue weighted by Crippen LogP contribution is 2.22. The number of aliphatic carboxylic acids is 2. The van der Waals surface area contributed by atoms with Crippen LogP contribution < -0.4 is 0 Å². The molecule has 1 aromatic rings. The lowest BCUT2D eigenvalue weighted by atomic mass is 10.0. The van der Waals surface area contributed by atoms with E-state index in [9.17, 15) is 19.5 Å². The quantitative estimate of drug-likeness (QED) is 0.841. The zero-order valence-corrected chi connectivity index (χ0v) is 11.7. The zero-order valence-electron chi connectivity index (χ0n) is 11.7. The summed E-state index contributed by atoms with van der Waals surface area (Å²) >= 11 is 0. The number of aryl methyl sites for hydroxylation is 1. The van der Waals surface area contributed by atoms with Crippen molar-refractivity contribution in [2.45, 2.75) is 25.8 Å². The number of amides is 1. The first-order valence-electron chi connectivity index (χ1n) is 6.69. The van der Waals surface area contributed by atoms with Gasteiger partial charge in [-0.1, -0.05) is 29.8 Å². The lowest BCUT2D eigenvalue weighted by Gasteiger charge is -2.24. The van der Waals surface area contributed by atoms with Crippen LogP contribution >= 0.6 is 0 Å². The smallest absolute Gasteiger partial charge is 0.326 e. The van der Waals surface area contributed by atoms with E-state index in [-0.39, 0.29) is 19.4 Å². The molecule has 1 aliphatic rings. The molecule has 1 saturated heterocycles. The van der Waals surface area contributed by atoms with Gasteiger partial charge >= 0.3 is 11.9 Å². The Labute approximate surface area is 122 Å². The van der Waals surface area contributed by atoms with E-state index in [1.165, 1.54) is 4.90 Å². The fourth-order valence-electron chi connectivity index (χ4n) is 2.59. The summed E-state index contributed by atoms with van der Waals surface area (Å²) in [6.45, 7) is 1.86. The second kappa shape index (κ2) is 5.95. The Kier molecular flexibility index (Phi) is 4.26. The van der Waals surface area contributed by atoms with E-state index in [1.54, 1.807) is 6.07 Å². The van der Waals surface area contributed by atoms with Crippen molar-refractivity contribution in [3.8, 4) is 0 Å². The molecule has 0 spiro atoms. The highest BCUT2D eigenvalue weighted by Gasteiger charge is 2.40. The van der Waals surface area contributed by atoms with Crippen LogP contribution in [0.2, 0.25) is 0 Å². The van der Waals surface area contributed by atoms with Crippen molar-refractivity contribution >= 4 is 17.8 Å². The minimum absolute atomic E-state index is 0.0447. The van der Waals surface area contributed by atoms with Crippen LogP contribution in [0.5, 0.6) is 0 Å². The van der Waals surface area contributed by atoms with Gasteiger partial charge in [-0.15, -0.1) is 0 Å². The van der Waals surface area contributed by atoms with Crippen LogP contribution in [0.1, 0.15) is 17.5 Å². The van der Waals surface area contributed by atoms with E-state index < -0.39 is 29.8 Å². The van der Waals surface area contributed by atoms with Gasteiger partial charge in [0.05, 0.1) is 5.92 Å². The number of carboxylic acids is 2. The molecule has 0 saturated carbocycles. The summed E-state index contributed by atoms with van der Waals surface area (Å²) in [6.07, 6.45) is 0.0437. The van der Waals surface area contributed by atoms with Crippen LogP contribution in [0.25, 0.3) is 0 Å². The van der Waals surface area contributed by atoms with Gasteiger partial charge in [-0.3, -0.25) is 9.59 Å². The van der Waals surface area contributed by atoms with Gasteiger partial charge in [-0.2, -0.15) is 0 Å². The molecule has 6 heteroatoms. The first-order valence-corrected chi connectivity index (χ1v) is 6.69. The number of nitrogens with zero attached hydrogens (tertiary/aromatic N) is 1. The average Bonchev–Trinajstić information content (AvgIpc) is 2.78. The summed E-state index contributed by atoms with van der Waals surface area (Å²) in [7, 11) is 0. The number of hydrogen-bond acceptors (Lipinski definition) is 3. The maximum absolute atomic E-state index is 11.9. The summed E-state index contributed by atoms with van der Waals surface area (Å²) in [5, 5.41) is 18.3. The lowest BCUT2D eigenvalue weighted by molar-refractivity contribution is -0.148. The van der Waals surface area contributed by atoms with Crippen molar-refractivity contribution in [2.24, 2.45) is 5.92 Å². The van der Waals surface area contributed by atoms with Gasteiger partial charge in [0.15, 0.2) is 0 Å². The molecule has 2 atom stereocenters. The van der Waals surface area contributed by atoms with E-state index in [1.807, 2.05) is 25.1 Å². The Morgan fingerprint density at radius 2 is 2.10 bits per heavy atom. The van der Waals surface area contributed by atoms with E-state index >= 15 is 0 Å². The standard InChI is InChI=1S/C15H17NO5/c1-9-3-2-4-10(5-9)6-12(15(20)21)16-8-11(14(18)19)7-13(16)17/h2-5,11-12H,6-8H2,1H3,(H,18,19)(H,20,21)/t11?,12-/m0/s1. The Hall–Kier alpha value is -2.37. The van der Waals surface area contributed by atoms with Crippen LogP contribution in [0.3, 0.4) is 0 Å². The molecule has 1 aromatic carbocycles. The number of carbonyl (C=O) groups is 3. The van der Waals surface area contributed by atoms with Crippen molar-refractivity contribution in [1.82, 2.24) is 4.90 Å².